The van der Waals surface area contributed by atoms with Crippen molar-refractivity contribution in [1.29, 1.82) is 0 Å². The Morgan fingerprint density at radius 1 is 1.44 bits per heavy atom. The van der Waals surface area contributed by atoms with Crippen molar-refractivity contribution in [3.05, 3.63) is 64.3 Å². The minimum Gasteiger partial charge on any atom is -0.479 e. The molecule has 7 heteroatoms. The van der Waals surface area contributed by atoms with Crippen molar-refractivity contribution < 1.29 is 14.1 Å². The zero-order valence-electron chi connectivity index (χ0n) is 13.8. The highest BCUT2D eigenvalue weighted by Crippen LogP contribution is 2.20. The lowest BCUT2D eigenvalue weighted by molar-refractivity contribution is -0.121. The number of amides is 1. The van der Waals surface area contributed by atoms with Gasteiger partial charge in [-0.3, -0.25) is 9.78 Å². The van der Waals surface area contributed by atoms with Gasteiger partial charge in [0.1, 0.15) is 5.76 Å². The standard InChI is InChI=1S/C18H19N3O3S/c1-23-18-10-15(24-21-18)4-5-17(22)20-16(9-13-6-8-25-12-13)14-3-2-7-19-11-14/h2-3,6-8,10-12,16H,4-5,9H2,1H3,(H,20,22)/t16-/m1/s1. The number of nitrogens with one attached hydrogen (secondary N) is 1. The van der Waals surface area contributed by atoms with E-state index in [0.717, 1.165) is 12.0 Å². The third-order valence-electron chi connectivity index (χ3n) is 3.79. The molecule has 0 aromatic carbocycles. The average molecular weight is 357 g/mol. The highest BCUT2D eigenvalue weighted by molar-refractivity contribution is 7.07. The first-order valence-corrected chi connectivity index (χ1v) is 8.89. The maximum Gasteiger partial charge on any atom is 0.254 e. The molecule has 0 spiro atoms. The van der Waals surface area contributed by atoms with Gasteiger partial charge in [0.05, 0.1) is 13.2 Å². The van der Waals surface area contributed by atoms with Crippen LogP contribution in [0.3, 0.4) is 0 Å². The summed E-state index contributed by atoms with van der Waals surface area (Å²) in [7, 11) is 1.53. The van der Waals surface area contributed by atoms with Crippen molar-refractivity contribution in [2.45, 2.75) is 25.3 Å². The lowest BCUT2D eigenvalue weighted by Gasteiger charge is -2.18. The molecule has 0 aliphatic rings. The third-order valence-corrected chi connectivity index (χ3v) is 4.52. The van der Waals surface area contributed by atoms with Gasteiger partial charge in [-0.25, -0.2) is 0 Å². The largest absolute Gasteiger partial charge is 0.479 e. The fraction of sp³-hybridized carbons (Fsp3) is 0.278. The molecule has 0 unspecified atom stereocenters. The van der Waals surface area contributed by atoms with Gasteiger partial charge in [-0.1, -0.05) is 6.07 Å². The summed E-state index contributed by atoms with van der Waals surface area (Å²) in [5.74, 6) is 1.00. The molecule has 1 atom stereocenters. The van der Waals surface area contributed by atoms with Gasteiger partial charge < -0.3 is 14.6 Å². The number of pyridine rings is 1. The van der Waals surface area contributed by atoms with E-state index >= 15 is 0 Å². The van der Waals surface area contributed by atoms with E-state index in [1.54, 1.807) is 29.8 Å². The van der Waals surface area contributed by atoms with Gasteiger partial charge in [0.25, 0.3) is 5.88 Å². The van der Waals surface area contributed by atoms with Gasteiger partial charge in [-0.2, -0.15) is 11.3 Å². The lowest BCUT2D eigenvalue weighted by atomic mass is 10.0. The van der Waals surface area contributed by atoms with Gasteiger partial charge >= 0.3 is 0 Å². The van der Waals surface area contributed by atoms with Crippen LogP contribution in [0.25, 0.3) is 0 Å². The molecule has 0 aliphatic carbocycles. The topological polar surface area (TPSA) is 77.2 Å². The zero-order valence-corrected chi connectivity index (χ0v) is 14.7. The predicted molar refractivity (Wildman–Crippen MR) is 94.5 cm³/mol. The van der Waals surface area contributed by atoms with E-state index in [0.29, 0.717) is 24.5 Å². The maximum absolute atomic E-state index is 12.4. The van der Waals surface area contributed by atoms with E-state index in [2.05, 4.69) is 26.9 Å². The Kier molecular flexibility index (Phi) is 5.79. The average Bonchev–Trinajstić information content (AvgIpc) is 3.32. The summed E-state index contributed by atoms with van der Waals surface area (Å²) in [5.41, 5.74) is 2.18. The van der Waals surface area contributed by atoms with E-state index in [-0.39, 0.29) is 11.9 Å². The maximum atomic E-state index is 12.4. The normalized spacial score (nSPS) is 11.9. The first kappa shape index (κ1) is 17.2. The van der Waals surface area contributed by atoms with E-state index in [1.807, 2.05) is 17.5 Å². The molecule has 3 aromatic heterocycles. The number of aryl methyl sites for hydroxylation is 1. The number of hydrogen-bond donors (Lipinski definition) is 1. The van der Waals surface area contributed by atoms with E-state index in [4.69, 9.17) is 9.26 Å². The zero-order chi connectivity index (χ0) is 17.5. The van der Waals surface area contributed by atoms with Crippen LogP contribution in [0.1, 0.15) is 29.3 Å². The highest BCUT2D eigenvalue weighted by atomic mass is 32.1. The summed E-state index contributed by atoms with van der Waals surface area (Å²) in [6, 6.07) is 7.51. The van der Waals surface area contributed by atoms with Crippen LogP contribution in [0.4, 0.5) is 0 Å². The Bertz CT molecular complexity index is 787. The van der Waals surface area contributed by atoms with Crippen molar-refractivity contribution in [2.75, 3.05) is 7.11 Å². The number of hydrogen-bond acceptors (Lipinski definition) is 6. The third kappa shape index (κ3) is 4.90. The van der Waals surface area contributed by atoms with Crippen LogP contribution >= 0.6 is 11.3 Å². The van der Waals surface area contributed by atoms with E-state index in [1.165, 1.54) is 12.7 Å². The number of rotatable bonds is 8. The Morgan fingerprint density at radius 3 is 3.04 bits per heavy atom. The molecule has 6 nitrogen and oxygen atoms in total. The Hall–Kier alpha value is -2.67. The number of carbonyl (C=O) groups excluding carboxylic acids is 1. The monoisotopic (exact) mass is 357 g/mol. The molecule has 0 radical (unpaired) electrons. The molecule has 0 fully saturated rings. The summed E-state index contributed by atoms with van der Waals surface area (Å²) in [6.07, 6.45) is 5.04. The number of thiophene rings is 1. The molecule has 0 aliphatic heterocycles. The molecule has 0 saturated carbocycles. The SMILES string of the molecule is COc1cc(CCC(=O)N[C@H](Cc2ccsc2)c2cccnc2)on1. The van der Waals surface area contributed by atoms with Crippen molar-refractivity contribution in [3.63, 3.8) is 0 Å². The summed E-state index contributed by atoms with van der Waals surface area (Å²) in [5, 5.41) is 11.0. The molecule has 3 heterocycles. The summed E-state index contributed by atoms with van der Waals surface area (Å²) in [4.78, 5) is 16.5. The molecule has 0 saturated heterocycles. The molecule has 25 heavy (non-hydrogen) atoms. The van der Waals surface area contributed by atoms with Crippen LogP contribution in [0.15, 0.2) is 51.9 Å². The molecule has 0 bridgehead atoms. The fourth-order valence-corrected chi connectivity index (χ4v) is 3.17. The quantitative estimate of drug-likeness (QED) is 0.670. The van der Waals surface area contributed by atoms with Gasteiger partial charge in [0, 0.05) is 31.3 Å². The lowest BCUT2D eigenvalue weighted by Crippen LogP contribution is -2.30. The van der Waals surface area contributed by atoms with Crippen molar-refractivity contribution in [2.24, 2.45) is 0 Å². The van der Waals surface area contributed by atoms with Gasteiger partial charge in [0.15, 0.2) is 0 Å². The number of methoxy groups -OCH3 is 1. The molecular weight excluding hydrogens is 338 g/mol. The second kappa shape index (κ2) is 8.43. The minimum absolute atomic E-state index is 0.0422. The fourth-order valence-electron chi connectivity index (χ4n) is 2.49. The van der Waals surface area contributed by atoms with Crippen molar-refractivity contribution in [3.8, 4) is 5.88 Å². The van der Waals surface area contributed by atoms with Gasteiger partial charge in [-0.05, 0) is 45.6 Å². The predicted octanol–water partition coefficient (Wildman–Crippen LogP) is 3.17. The van der Waals surface area contributed by atoms with Crippen LogP contribution < -0.4 is 10.1 Å². The van der Waals surface area contributed by atoms with Crippen LogP contribution in [0.5, 0.6) is 5.88 Å². The molecule has 3 aromatic rings. The Balaban J connectivity index is 1.61. The van der Waals surface area contributed by atoms with Crippen LogP contribution in [-0.4, -0.2) is 23.2 Å². The molecule has 130 valence electrons. The number of nitrogens with zero attached hydrogens (tertiary/aromatic N) is 2. The van der Waals surface area contributed by atoms with Gasteiger partial charge in [0.2, 0.25) is 5.91 Å². The number of ether oxygens (including phenoxy) is 1. The van der Waals surface area contributed by atoms with Crippen LogP contribution in [-0.2, 0) is 17.6 Å². The van der Waals surface area contributed by atoms with Gasteiger partial charge in [-0.15, -0.1) is 0 Å². The second-order valence-electron chi connectivity index (χ2n) is 5.58. The Labute approximate surface area is 149 Å². The smallest absolute Gasteiger partial charge is 0.254 e. The molecule has 3 rings (SSSR count). The first-order valence-electron chi connectivity index (χ1n) is 7.94. The van der Waals surface area contributed by atoms with Crippen molar-refractivity contribution in [1.82, 2.24) is 15.5 Å². The summed E-state index contributed by atoms with van der Waals surface area (Å²) < 4.78 is 10.1. The van der Waals surface area contributed by atoms with Crippen molar-refractivity contribution >= 4 is 17.2 Å². The highest BCUT2D eigenvalue weighted by Gasteiger charge is 2.16. The van der Waals surface area contributed by atoms with E-state index in [9.17, 15) is 4.79 Å². The summed E-state index contributed by atoms with van der Waals surface area (Å²) >= 11 is 1.65. The van der Waals surface area contributed by atoms with Crippen LogP contribution in [0.2, 0.25) is 0 Å². The number of aromatic nitrogens is 2. The number of carbonyl (C=O) groups is 1. The Morgan fingerprint density at radius 2 is 2.36 bits per heavy atom. The minimum atomic E-state index is -0.111. The molecule has 1 amide bonds. The summed E-state index contributed by atoms with van der Waals surface area (Å²) in [6.45, 7) is 0. The first-order chi connectivity index (χ1) is 12.2. The van der Waals surface area contributed by atoms with E-state index < -0.39 is 0 Å². The molecule has 1 N–H and O–H groups in total. The second-order valence-corrected chi connectivity index (χ2v) is 6.36. The van der Waals surface area contributed by atoms with Crippen LogP contribution in [0, 0.1) is 0 Å². The molecular formula is C18H19N3O3S.